The van der Waals surface area contributed by atoms with Gasteiger partial charge in [0.1, 0.15) is 18.3 Å². The van der Waals surface area contributed by atoms with Crippen LogP contribution in [0.25, 0.3) is 0 Å². The van der Waals surface area contributed by atoms with Gasteiger partial charge >= 0.3 is 5.38 Å². The van der Waals surface area contributed by atoms with Gasteiger partial charge in [-0.05, 0) is 11.6 Å². The van der Waals surface area contributed by atoms with Crippen molar-refractivity contribution in [3.05, 3.63) is 12.2 Å². The van der Waals surface area contributed by atoms with E-state index in [1.165, 1.54) is 11.0 Å². The molecule has 0 aliphatic rings. The minimum Gasteiger partial charge on any atom is -0.385 e. The number of aliphatic hydroxyl groups excluding tert-OH is 1. The van der Waals surface area contributed by atoms with E-state index in [0.29, 0.717) is 0 Å². The average molecular weight is 212 g/mol. The molecule has 7 heteroatoms. The minimum atomic E-state index is -3.63. The molecule has 1 aromatic heterocycles. The van der Waals surface area contributed by atoms with Gasteiger partial charge in [0.25, 0.3) is 0 Å². The highest BCUT2D eigenvalue weighted by molar-refractivity contribution is 6.22. The molecular formula is C6H8ClF2N3O. The van der Waals surface area contributed by atoms with E-state index in [-0.39, 0.29) is 12.2 Å². The van der Waals surface area contributed by atoms with Gasteiger partial charge in [0, 0.05) is 13.5 Å². The second-order valence-electron chi connectivity index (χ2n) is 2.56. The summed E-state index contributed by atoms with van der Waals surface area (Å²) in [7, 11) is 1.54. The van der Waals surface area contributed by atoms with Crippen molar-refractivity contribution < 1.29 is 13.9 Å². The molecule has 1 unspecified atom stereocenters. The van der Waals surface area contributed by atoms with Gasteiger partial charge in [0.2, 0.25) is 0 Å². The number of hydrogen-bond donors (Lipinski definition) is 1. The van der Waals surface area contributed by atoms with E-state index in [0.717, 1.165) is 0 Å². The number of hydrogen-bond acceptors (Lipinski definition) is 3. The number of nitrogens with zero attached hydrogens (tertiary/aromatic N) is 3. The largest absolute Gasteiger partial charge is 0.385 e. The van der Waals surface area contributed by atoms with Crippen molar-refractivity contribution in [1.82, 2.24) is 14.8 Å². The van der Waals surface area contributed by atoms with E-state index < -0.39 is 11.5 Å². The Kier molecular flexibility index (Phi) is 2.82. The SMILES string of the molecule is Cn1ncnc1CC(O)C(F)(F)Cl. The van der Waals surface area contributed by atoms with Crippen molar-refractivity contribution in [2.24, 2.45) is 7.05 Å². The normalized spacial score (nSPS) is 14.5. The molecule has 13 heavy (non-hydrogen) atoms. The van der Waals surface area contributed by atoms with Crippen LogP contribution in [0.3, 0.4) is 0 Å². The number of aliphatic hydroxyl groups is 1. The molecule has 1 aromatic rings. The van der Waals surface area contributed by atoms with E-state index in [1.807, 2.05) is 0 Å². The van der Waals surface area contributed by atoms with Crippen molar-refractivity contribution in [1.29, 1.82) is 0 Å². The zero-order valence-corrected chi connectivity index (χ0v) is 7.54. The quantitative estimate of drug-likeness (QED) is 0.743. The zero-order valence-electron chi connectivity index (χ0n) is 6.78. The fourth-order valence-electron chi connectivity index (χ4n) is 0.794. The lowest BCUT2D eigenvalue weighted by atomic mass is 10.2. The Labute approximate surface area is 78.1 Å². The molecule has 0 saturated heterocycles. The average Bonchev–Trinajstić information content (AvgIpc) is 2.34. The molecule has 1 heterocycles. The van der Waals surface area contributed by atoms with Crippen LogP contribution in [0.2, 0.25) is 0 Å². The molecule has 0 amide bonds. The molecule has 0 aliphatic heterocycles. The molecular weight excluding hydrogens is 204 g/mol. The maximum Gasteiger partial charge on any atom is 0.347 e. The van der Waals surface area contributed by atoms with Gasteiger partial charge in [-0.2, -0.15) is 13.9 Å². The molecule has 74 valence electrons. The first-order chi connectivity index (χ1) is 5.91. The number of halogens is 3. The predicted octanol–water partition coefficient (Wildman–Crippen LogP) is 0.550. The van der Waals surface area contributed by atoms with Crippen LogP contribution < -0.4 is 0 Å². The Hall–Kier alpha value is -0.750. The van der Waals surface area contributed by atoms with E-state index in [4.69, 9.17) is 5.11 Å². The standard InChI is InChI=1S/C6H8ClF2N3O/c1-12-5(10-3-11-12)2-4(13)6(7,8)9/h3-4,13H,2H2,1H3. The summed E-state index contributed by atoms with van der Waals surface area (Å²) in [5.74, 6) is 0.257. The van der Waals surface area contributed by atoms with Gasteiger partial charge in [0.05, 0.1) is 0 Å². The van der Waals surface area contributed by atoms with Gasteiger partial charge in [-0.3, -0.25) is 4.68 Å². The van der Waals surface area contributed by atoms with Crippen molar-refractivity contribution in [3.8, 4) is 0 Å². The van der Waals surface area contributed by atoms with Crippen LogP contribution in [0.4, 0.5) is 8.78 Å². The Morgan fingerprint density at radius 1 is 1.77 bits per heavy atom. The predicted molar refractivity (Wildman–Crippen MR) is 41.5 cm³/mol. The molecule has 1 atom stereocenters. The van der Waals surface area contributed by atoms with Gasteiger partial charge < -0.3 is 5.11 Å². The van der Waals surface area contributed by atoms with E-state index >= 15 is 0 Å². The van der Waals surface area contributed by atoms with E-state index in [9.17, 15) is 8.78 Å². The fourth-order valence-corrected chi connectivity index (χ4v) is 0.871. The van der Waals surface area contributed by atoms with Crippen LogP contribution in [0.1, 0.15) is 5.82 Å². The lowest BCUT2D eigenvalue weighted by Crippen LogP contribution is -2.30. The summed E-state index contributed by atoms with van der Waals surface area (Å²) in [5, 5.41) is 8.94. The summed E-state index contributed by atoms with van der Waals surface area (Å²) < 4.78 is 25.9. The third-order valence-electron chi connectivity index (χ3n) is 1.56. The fraction of sp³-hybridized carbons (Fsp3) is 0.667. The van der Waals surface area contributed by atoms with Gasteiger partial charge in [-0.15, -0.1) is 0 Å². The van der Waals surface area contributed by atoms with Crippen LogP contribution in [0.15, 0.2) is 6.33 Å². The van der Waals surface area contributed by atoms with Gasteiger partial charge in [0.15, 0.2) is 0 Å². The minimum absolute atomic E-state index is 0.257. The van der Waals surface area contributed by atoms with E-state index in [2.05, 4.69) is 21.7 Å². The summed E-state index contributed by atoms with van der Waals surface area (Å²) in [6.07, 6.45) is -1.06. The van der Waals surface area contributed by atoms with Gasteiger partial charge in [-0.1, -0.05) is 0 Å². The van der Waals surface area contributed by atoms with Crippen LogP contribution >= 0.6 is 11.6 Å². The lowest BCUT2D eigenvalue weighted by molar-refractivity contribution is -0.0410. The molecule has 0 saturated carbocycles. The second kappa shape index (κ2) is 3.55. The Bertz CT molecular complexity index is 286. The summed E-state index contributed by atoms with van der Waals surface area (Å²) in [5.41, 5.74) is 0. The summed E-state index contributed by atoms with van der Waals surface area (Å²) in [6.45, 7) is 0. The molecule has 0 aromatic carbocycles. The van der Waals surface area contributed by atoms with Crippen LogP contribution in [-0.4, -0.2) is 31.4 Å². The lowest BCUT2D eigenvalue weighted by Gasteiger charge is -2.14. The summed E-state index contributed by atoms with van der Waals surface area (Å²) in [4.78, 5) is 3.67. The molecule has 0 spiro atoms. The topological polar surface area (TPSA) is 50.9 Å². The first kappa shape index (κ1) is 10.3. The molecule has 4 nitrogen and oxygen atoms in total. The van der Waals surface area contributed by atoms with Crippen molar-refractivity contribution in [3.63, 3.8) is 0 Å². The van der Waals surface area contributed by atoms with Crippen LogP contribution in [-0.2, 0) is 13.5 Å². The number of rotatable bonds is 3. The van der Waals surface area contributed by atoms with E-state index in [1.54, 1.807) is 7.05 Å². The number of aryl methyl sites for hydroxylation is 1. The zero-order chi connectivity index (χ0) is 10.1. The summed E-state index contributed by atoms with van der Waals surface area (Å²) >= 11 is 4.61. The molecule has 1 rings (SSSR count). The molecule has 0 radical (unpaired) electrons. The highest BCUT2D eigenvalue weighted by Gasteiger charge is 2.36. The van der Waals surface area contributed by atoms with Gasteiger partial charge in [-0.25, -0.2) is 4.98 Å². The highest BCUT2D eigenvalue weighted by Crippen LogP contribution is 2.25. The number of alkyl halides is 3. The Morgan fingerprint density at radius 2 is 2.38 bits per heavy atom. The Balaban J connectivity index is 2.65. The highest BCUT2D eigenvalue weighted by atomic mass is 35.5. The van der Waals surface area contributed by atoms with Crippen molar-refractivity contribution >= 4 is 11.6 Å². The monoisotopic (exact) mass is 211 g/mol. The second-order valence-corrected chi connectivity index (χ2v) is 3.07. The van der Waals surface area contributed by atoms with Crippen LogP contribution in [0, 0.1) is 0 Å². The molecule has 0 aliphatic carbocycles. The Morgan fingerprint density at radius 3 is 2.77 bits per heavy atom. The van der Waals surface area contributed by atoms with Crippen molar-refractivity contribution in [2.45, 2.75) is 17.9 Å². The summed E-state index contributed by atoms with van der Waals surface area (Å²) in [6, 6.07) is 0. The maximum absolute atomic E-state index is 12.3. The molecule has 1 N–H and O–H groups in total. The molecule has 0 bridgehead atoms. The first-order valence-corrected chi connectivity index (χ1v) is 3.86. The maximum atomic E-state index is 12.3. The third kappa shape index (κ3) is 2.60. The van der Waals surface area contributed by atoms with Crippen LogP contribution in [0.5, 0.6) is 0 Å². The molecule has 0 fully saturated rings. The smallest absolute Gasteiger partial charge is 0.347 e. The third-order valence-corrected chi connectivity index (χ3v) is 1.81. The van der Waals surface area contributed by atoms with Crippen molar-refractivity contribution in [2.75, 3.05) is 0 Å². The number of aromatic nitrogens is 3. The first-order valence-electron chi connectivity index (χ1n) is 3.49.